The number of hydrogen-bond acceptors (Lipinski definition) is 5. The number of methoxy groups -OCH3 is 1. The first kappa shape index (κ1) is 15.9. The van der Waals surface area contributed by atoms with Crippen LogP contribution in [0.25, 0.3) is 0 Å². The van der Waals surface area contributed by atoms with Crippen molar-refractivity contribution in [2.24, 2.45) is 7.05 Å². The van der Waals surface area contributed by atoms with Crippen LogP contribution in [0, 0.1) is 0 Å². The smallest absolute Gasteiger partial charge is 0.314 e. The molecule has 0 aromatic carbocycles. The standard InChI is InChI=1S/C11H19N5O4/c1-16-7-14-9(15-16)3-4-12-11(19)13-6-8(20-2)5-10(17)18/h7-8H,3-6H2,1-2H3,(H,17,18)(H2,12,13,19). The molecule has 1 atom stereocenters. The van der Waals surface area contributed by atoms with Crippen molar-refractivity contribution in [2.75, 3.05) is 20.2 Å². The van der Waals surface area contributed by atoms with Crippen molar-refractivity contribution >= 4 is 12.0 Å². The van der Waals surface area contributed by atoms with Gasteiger partial charge in [-0.25, -0.2) is 9.78 Å². The average Bonchev–Trinajstić information content (AvgIpc) is 2.80. The van der Waals surface area contributed by atoms with Gasteiger partial charge in [-0.2, -0.15) is 5.10 Å². The molecule has 1 aromatic rings. The molecule has 0 aliphatic carbocycles. The maximum atomic E-state index is 11.5. The highest BCUT2D eigenvalue weighted by Crippen LogP contribution is 1.95. The molecule has 0 fully saturated rings. The van der Waals surface area contributed by atoms with Crippen LogP contribution in [0.4, 0.5) is 4.79 Å². The summed E-state index contributed by atoms with van der Waals surface area (Å²) in [7, 11) is 3.17. The van der Waals surface area contributed by atoms with Gasteiger partial charge in [-0.05, 0) is 0 Å². The number of carboxylic acids is 1. The van der Waals surface area contributed by atoms with Gasteiger partial charge in [0.15, 0.2) is 5.82 Å². The number of aromatic nitrogens is 3. The lowest BCUT2D eigenvalue weighted by Gasteiger charge is -2.14. The number of hydrogen-bond donors (Lipinski definition) is 3. The van der Waals surface area contributed by atoms with E-state index in [0.717, 1.165) is 0 Å². The minimum atomic E-state index is -0.972. The number of aliphatic carboxylic acids is 1. The quantitative estimate of drug-likeness (QED) is 0.572. The molecule has 3 N–H and O–H groups in total. The molecule has 1 rings (SSSR count). The maximum absolute atomic E-state index is 11.5. The number of nitrogens with one attached hydrogen (secondary N) is 2. The number of amides is 2. The van der Waals surface area contributed by atoms with Gasteiger partial charge in [-0.15, -0.1) is 0 Å². The minimum Gasteiger partial charge on any atom is -0.481 e. The van der Waals surface area contributed by atoms with Gasteiger partial charge in [-0.1, -0.05) is 0 Å². The van der Waals surface area contributed by atoms with Crippen LogP contribution >= 0.6 is 0 Å². The Hall–Kier alpha value is -2.16. The second-order valence-corrected chi connectivity index (χ2v) is 4.18. The summed E-state index contributed by atoms with van der Waals surface area (Å²) in [5.74, 6) is -0.325. The van der Waals surface area contributed by atoms with E-state index in [2.05, 4.69) is 20.7 Å². The Kier molecular flexibility index (Phi) is 6.44. The molecule has 0 aliphatic rings. The minimum absolute atomic E-state index is 0.135. The molecule has 1 aromatic heterocycles. The number of ether oxygens (including phenoxy) is 1. The first-order valence-electron chi connectivity index (χ1n) is 6.12. The lowest BCUT2D eigenvalue weighted by molar-refractivity contribution is -0.139. The first-order chi connectivity index (χ1) is 9.51. The van der Waals surface area contributed by atoms with Crippen molar-refractivity contribution in [1.82, 2.24) is 25.4 Å². The second kappa shape index (κ2) is 8.10. The third-order valence-electron chi connectivity index (χ3n) is 2.51. The number of aryl methyl sites for hydroxylation is 1. The predicted molar refractivity (Wildman–Crippen MR) is 69.2 cm³/mol. The van der Waals surface area contributed by atoms with Gasteiger partial charge in [0.25, 0.3) is 0 Å². The number of rotatable bonds is 8. The molecule has 0 saturated heterocycles. The highest BCUT2D eigenvalue weighted by atomic mass is 16.5. The molecule has 1 heterocycles. The van der Waals surface area contributed by atoms with E-state index in [0.29, 0.717) is 18.8 Å². The fourth-order valence-electron chi connectivity index (χ4n) is 1.49. The van der Waals surface area contributed by atoms with Crippen LogP contribution in [0.3, 0.4) is 0 Å². The molecule has 9 nitrogen and oxygen atoms in total. The largest absolute Gasteiger partial charge is 0.481 e. The van der Waals surface area contributed by atoms with Crippen LogP contribution in [0.15, 0.2) is 6.33 Å². The van der Waals surface area contributed by atoms with E-state index in [9.17, 15) is 9.59 Å². The van der Waals surface area contributed by atoms with Crippen LogP contribution in [0.2, 0.25) is 0 Å². The normalized spacial score (nSPS) is 11.9. The fourth-order valence-corrected chi connectivity index (χ4v) is 1.49. The summed E-state index contributed by atoms with van der Waals surface area (Å²) in [5.41, 5.74) is 0. The zero-order valence-electron chi connectivity index (χ0n) is 11.5. The van der Waals surface area contributed by atoms with Crippen molar-refractivity contribution in [2.45, 2.75) is 18.9 Å². The van der Waals surface area contributed by atoms with Crippen LogP contribution in [-0.4, -0.2) is 58.2 Å². The van der Waals surface area contributed by atoms with E-state index in [1.165, 1.54) is 7.11 Å². The second-order valence-electron chi connectivity index (χ2n) is 4.18. The Morgan fingerprint density at radius 3 is 2.80 bits per heavy atom. The summed E-state index contributed by atoms with van der Waals surface area (Å²) in [6.07, 6.45) is 1.41. The van der Waals surface area contributed by atoms with Gasteiger partial charge in [-0.3, -0.25) is 9.48 Å². The number of urea groups is 1. The van der Waals surface area contributed by atoms with E-state index in [-0.39, 0.29) is 19.0 Å². The summed E-state index contributed by atoms with van der Waals surface area (Å²) in [6.45, 7) is 0.531. The maximum Gasteiger partial charge on any atom is 0.314 e. The molecule has 0 spiro atoms. The molecular formula is C11H19N5O4. The van der Waals surface area contributed by atoms with Gasteiger partial charge >= 0.3 is 12.0 Å². The topological polar surface area (TPSA) is 118 Å². The lowest BCUT2D eigenvalue weighted by atomic mass is 10.2. The monoisotopic (exact) mass is 285 g/mol. The van der Waals surface area contributed by atoms with E-state index in [1.807, 2.05) is 0 Å². The van der Waals surface area contributed by atoms with Crippen molar-refractivity contribution in [3.05, 3.63) is 12.2 Å². The average molecular weight is 285 g/mol. The summed E-state index contributed by atoms with van der Waals surface area (Å²) in [6, 6.07) is -0.381. The molecule has 2 amide bonds. The van der Waals surface area contributed by atoms with Crippen molar-refractivity contribution < 1.29 is 19.4 Å². The van der Waals surface area contributed by atoms with Crippen LogP contribution < -0.4 is 10.6 Å². The Morgan fingerprint density at radius 2 is 2.25 bits per heavy atom. The summed E-state index contributed by atoms with van der Waals surface area (Å²) < 4.78 is 6.53. The zero-order chi connectivity index (χ0) is 15.0. The number of carbonyl (C=O) groups is 2. The Morgan fingerprint density at radius 1 is 1.50 bits per heavy atom. The highest BCUT2D eigenvalue weighted by Gasteiger charge is 2.13. The summed E-state index contributed by atoms with van der Waals surface area (Å²) in [4.78, 5) is 26.0. The Labute approximate surface area is 116 Å². The molecule has 0 radical (unpaired) electrons. The SMILES string of the molecule is COC(CNC(=O)NCCc1ncn(C)n1)CC(=O)O. The van der Waals surface area contributed by atoms with Gasteiger partial charge in [0, 0.05) is 33.7 Å². The van der Waals surface area contributed by atoms with Crippen molar-refractivity contribution in [1.29, 1.82) is 0 Å². The van der Waals surface area contributed by atoms with Gasteiger partial charge in [0.1, 0.15) is 6.33 Å². The molecule has 1 unspecified atom stereocenters. The Balaban J connectivity index is 2.18. The van der Waals surface area contributed by atoms with Gasteiger partial charge in [0.2, 0.25) is 0 Å². The molecular weight excluding hydrogens is 266 g/mol. The summed E-state index contributed by atoms with van der Waals surface area (Å²) >= 11 is 0. The molecule has 20 heavy (non-hydrogen) atoms. The number of nitrogens with zero attached hydrogens (tertiary/aromatic N) is 3. The van der Waals surface area contributed by atoms with E-state index >= 15 is 0 Å². The van der Waals surface area contributed by atoms with Crippen LogP contribution in [0.5, 0.6) is 0 Å². The lowest BCUT2D eigenvalue weighted by Crippen LogP contribution is -2.41. The fraction of sp³-hybridized carbons (Fsp3) is 0.636. The molecule has 9 heteroatoms. The molecule has 0 bridgehead atoms. The van der Waals surface area contributed by atoms with E-state index < -0.39 is 12.1 Å². The van der Waals surface area contributed by atoms with Gasteiger partial charge in [0.05, 0.1) is 12.5 Å². The van der Waals surface area contributed by atoms with Crippen LogP contribution in [0.1, 0.15) is 12.2 Å². The van der Waals surface area contributed by atoms with Crippen LogP contribution in [-0.2, 0) is 23.0 Å². The van der Waals surface area contributed by atoms with Crippen molar-refractivity contribution in [3.63, 3.8) is 0 Å². The number of carboxylic acid groups (broad SMARTS) is 1. The molecule has 0 saturated carbocycles. The van der Waals surface area contributed by atoms with E-state index in [4.69, 9.17) is 9.84 Å². The third kappa shape index (κ3) is 6.14. The number of carbonyl (C=O) groups excluding carboxylic acids is 1. The first-order valence-corrected chi connectivity index (χ1v) is 6.12. The predicted octanol–water partition coefficient (Wildman–Crippen LogP) is -0.853. The van der Waals surface area contributed by atoms with Crippen molar-refractivity contribution in [3.8, 4) is 0 Å². The third-order valence-corrected chi connectivity index (χ3v) is 2.51. The molecule has 112 valence electrons. The summed E-state index contributed by atoms with van der Waals surface area (Å²) in [5, 5.41) is 17.9. The van der Waals surface area contributed by atoms with Gasteiger partial charge < -0.3 is 20.5 Å². The zero-order valence-corrected chi connectivity index (χ0v) is 11.5. The Bertz CT molecular complexity index is 448. The van der Waals surface area contributed by atoms with E-state index in [1.54, 1.807) is 18.1 Å². The molecule has 0 aliphatic heterocycles. The highest BCUT2D eigenvalue weighted by molar-refractivity contribution is 5.74.